The number of anilines is 1. The van der Waals surface area contributed by atoms with Crippen LogP contribution in [0.1, 0.15) is 0 Å². The van der Waals surface area contributed by atoms with Crippen molar-refractivity contribution in [1.82, 2.24) is 9.97 Å². The summed E-state index contributed by atoms with van der Waals surface area (Å²) in [7, 11) is 1.45. The Morgan fingerprint density at radius 3 is 2.79 bits per heavy atom. The molecule has 8 heteroatoms. The number of halogens is 1. The van der Waals surface area contributed by atoms with Gasteiger partial charge in [-0.05, 0) is 12.1 Å². The summed E-state index contributed by atoms with van der Waals surface area (Å²) < 4.78 is 5.06. The maximum Gasteiger partial charge on any atom is 0.337 e. The lowest BCUT2D eigenvalue weighted by atomic mass is 10.1. The van der Waals surface area contributed by atoms with E-state index >= 15 is 0 Å². The molecule has 0 saturated carbocycles. The van der Waals surface area contributed by atoms with Gasteiger partial charge < -0.3 is 10.5 Å². The zero-order valence-corrected chi connectivity index (χ0v) is 10.6. The van der Waals surface area contributed by atoms with Crippen LogP contribution in [0.3, 0.4) is 0 Å². The second-order valence-electron chi connectivity index (χ2n) is 3.56. The second kappa shape index (κ2) is 5.07. The Hall–Kier alpha value is -2.41. The third kappa shape index (κ3) is 2.41. The van der Waals surface area contributed by atoms with Gasteiger partial charge in [0, 0.05) is 5.56 Å². The maximum absolute atomic E-state index is 11.0. The first kappa shape index (κ1) is 13.0. The highest BCUT2D eigenvalue weighted by atomic mass is 35.5. The molecule has 0 amide bonds. The molecular weight excluding hydrogens is 272 g/mol. The summed E-state index contributed by atoms with van der Waals surface area (Å²) >= 11 is 5.90. The number of aromatic nitrogens is 2. The number of hydrogen-bond acceptors (Lipinski definition) is 6. The fraction of sp³-hybridized carbons (Fsp3) is 0.0909. The monoisotopic (exact) mass is 280 g/mol. The number of nitrogens with zero attached hydrogens (tertiary/aromatic N) is 3. The molecular formula is C11H9ClN4O3. The highest BCUT2D eigenvalue weighted by molar-refractivity contribution is 6.32. The summed E-state index contributed by atoms with van der Waals surface area (Å²) in [6.45, 7) is 0. The predicted molar refractivity (Wildman–Crippen MR) is 70.1 cm³/mol. The van der Waals surface area contributed by atoms with Gasteiger partial charge in [-0.2, -0.15) is 0 Å². The lowest BCUT2D eigenvalue weighted by Crippen LogP contribution is -2.02. The van der Waals surface area contributed by atoms with E-state index in [1.165, 1.54) is 13.4 Å². The Morgan fingerprint density at radius 1 is 1.42 bits per heavy atom. The number of benzene rings is 1. The number of nitrogens with two attached hydrogens (primary N) is 1. The van der Waals surface area contributed by atoms with Crippen LogP contribution in [0.5, 0.6) is 5.75 Å². The van der Waals surface area contributed by atoms with E-state index in [-0.39, 0.29) is 17.2 Å². The third-order valence-corrected chi connectivity index (χ3v) is 2.77. The number of hydrogen-bond donors (Lipinski definition) is 1. The van der Waals surface area contributed by atoms with Crippen LogP contribution in [0.4, 0.5) is 11.5 Å². The van der Waals surface area contributed by atoms with E-state index in [0.29, 0.717) is 16.3 Å². The molecule has 2 rings (SSSR count). The molecule has 0 bridgehead atoms. The molecule has 0 unspecified atom stereocenters. The predicted octanol–water partition coefficient (Wildman–Crippen LogP) is 2.30. The number of rotatable bonds is 3. The fourth-order valence-electron chi connectivity index (χ4n) is 1.59. The summed E-state index contributed by atoms with van der Waals surface area (Å²) in [6.07, 6.45) is 1.17. The number of ether oxygens (including phenoxy) is 1. The van der Waals surface area contributed by atoms with Gasteiger partial charge in [0.1, 0.15) is 12.1 Å². The lowest BCUT2D eigenvalue weighted by Gasteiger charge is -2.07. The topological polar surface area (TPSA) is 104 Å². The van der Waals surface area contributed by atoms with Crippen molar-refractivity contribution >= 4 is 23.1 Å². The molecule has 0 aliphatic rings. The van der Waals surface area contributed by atoms with Gasteiger partial charge in [0.2, 0.25) is 5.82 Å². The quantitative estimate of drug-likeness (QED) is 0.683. The van der Waals surface area contributed by atoms with Crippen LogP contribution in [0, 0.1) is 10.1 Å². The van der Waals surface area contributed by atoms with Crippen LogP contribution in [0.15, 0.2) is 24.5 Å². The van der Waals surface area contributed by atoms with Crippen molar-refractivity contribution < 1.29 is 9.66 Å². The largest absolute Gasteiger partial charge is 0.495 e. The van der Waals surface area contributed by atoms with Crippen molar-refractivity contribution in [3.05, 3.63) is 39.7 Å². The van der Waals surface area contributed by atoms with Crippen LogP contribution in [0.25, 0.3) is 11.3 Å². The number of methoxy groups -OCH3 is 1. The minimum absolute atomic E-state index is 0.118. The summed E-state index contributed by atoms with van der Waals surface area (Å²) in [5, 5.41) is 11.4. The Balaban J connectivity index is 2.65. The van der Waals surface area contributed by atoms with Crippen LogP contribution in [-0.4, -0.2) is 22.0 Å². The molecule has 2 N–H and O–H groups in total. The van der Waals surface area contributed by atoms with Crippen LogP contribution < -0.4 is 10.5 Å². The zero-order valence-electron chi connectivity index (χ0n) is 9.83. The van der Waals surface area contributed by atoms with Crippen molar-refractivity contribution in [3.8, 4) is 17.0 Å². The van der Waals surface area contributed by atoms with Gasteiger partial charge in [0.25, 0.3) is 0 Å². The van der Waals surface area contributed by atoms with Gasteiger partial charge in [0.15, 0.2) is 5.69 Å². The van der Waals surface area contributed by atoms with E-state index < -0.39 is 4.92 Å². The molecule has 0 fully saturated rings. The average molecular weight is 281 g/mol. The van der Waals surface area contributed by atoms with Crippen molar-refractivity contribution in [2.45, 2.75) is 0 Å². The summed E-state index contributed by atoms with van der Waals surface area (Å²) in [5.41, 5.74) is 5.76. The van der Waals surface area contributed by atoms with Gasteiger partial charge >= 0.3 is 5.69 Å². The zero-order chi connectivity index (χ0) is 14.0. The van der Waals surface area contributed by atoms with Gasteiger partial charge in [-0.1, -0.05) is 17.7 Å². The highest BCUT2D eigenvalue weighted by Gasteiger charge is 2.22. The smallest absolute Gasteiger partial charge is 0.337 e. The molecule has 2 aromatic rings. The molecule has 1 heterocycles. The maximum atomic E-state index is 11.0. The summed E-state index contributed by atoms with van der Waals surface area (Å²) in [4.78, 5) is 17.9. The lowest BCUT2D eigenvalue weighted by molar-refractivity contribution is -0.383. The molecule has 7 nitrogen and oxygen atoms in total. The molecule has 0 spiro atoms. The van der Waals surface area contributed by atoms with Gasteiger partial charge in [-0.15, -0.1) is 0 Å². The number of nitrogen functional groups attached to an aromatic ring is 1. The molecule has 1 aromatic heterocycles. The van der Waals surface area contributed by atoms with Gasteiger partial charge in [-0.25, -0.2) is 9.97 Å². The first-order valence-corrected chi connectivity index (χ1v) is 5.51. The Morgan fingerprint density at radius 2 is 2.16 bits per heavy atom. The second-order valence-corrected chi connectivity index (χ2v) is 3.97. The highest BCUT2D eigenvalue weighted by Crippen LogP contribution is 2.35. The normalized spacial score (nSPS) is 10.2. The molecule has 1 aromatic carbocycles. The standard InChI is InChI=1S/C11H9ClN4O3/c1-19-8-4-6(2-3-7(8)12)9-10(16(17)18)11(13)15-5-14-9/h2-5H,1H3,(H2,13,14,15). The summed E-state index contributed by atoms with van der Waals surface area (Å²) in [5.74, 6) is 0.203. The first-order valence-electron chi connectivity index (χ1n) is 5.13. The van der Waals surface area contributed by atoms with Gasteiger partial charge in [0.05, 0.1) is 17.1 Å². The minimum atomic E-state index is -0.619. The van der Waals surface area contributed by atoms with E-state index in [9.17, 15) is 10.1 Å². The summed E-state index contributed by atoms with van der Waals surface area (Å²) in [6, 6.07) is 4.72. The van der Waals surface area contributed by atoms with Crippen LogP contribution >= 0.6 is 11.6 Å². The van der Waals surface area contributed by atoms with Crippen molar-refractivity contribution in [2.75, 3.05) is 12.8 Å². The van der Waals surface area contributed by atoms with E-state index in [4.69, 9.17) is 22.1 Å². The first-order chi connectivity index (χ1) is 9.04. The van der Waals surface area contributed by atoms with Crippen molar-refractivity contribution in [2.24, 2.45) is 0 Å². The fourth-order valence-corrected chi connectivity index (χ4v) is 1.79. The van der Waals surface area contributed by atoms with E-state index in [1.54, 1.807) is 18.2 Å². The van der Waals surface area contributed by atoms with Crippen molar-refractivity contribution in [1.29, 1.82) is 0 Å². The third-order valence-electron chi connectivity index (χ3n) is 2.46. The molecule has 0 aliphatic heterocycles. The SMILES string of the molecule is COc1cc(-c2ncnc(N)c2[N+](=O)[O-])ccc1Cl. The Kier molecular flexibility index (Phi) is 3.48. The van der Waals surface area contributed by atoms with E-state index in [0.717, 1.165) is 0 Å². The molecule has 98 valence electrons. The molecule has 0 aliphatic carbocycles. The van der Waals surface area contributed by atoms with Crippen molar-refractivity contribution in [3.63, 3.8) is 0 Å². The molecule has 19 heavy (non-hydrogen) atoms. The minimum Gasteiger partial charge on any atom is -0.495 e. The van der Waals surface area contributed by atoms with Crippen LogP contribution in [0.2, 0.25) is 5.02 Å². The van der Waals surface area contributed by atoms with Gasteiger partial charge in [-0.3, -0.25) is 10.1 Å². The van der Waals surface area contributed by atoms with E-state index in [2.05, 4.69) is 9.97 Å². The molecule has 0 atom stereocenters. The average Bonchev–Trinajstić information content (AvgIpc) is 2.38. The molecule has 0 radical (unpaired) electrons. The molecule has 0 saturated heterocycles. The van der Waals surface area contributed by atoms with Crippen LogP contribution in [-0.2, 0) is 0 Å². The Labute approximate surface area is 113 Å². The Bertz CT molecular complexity index is 648. The number of nitro groups is 1. The van der Waals surface area contributed by atoms with E-state index in [1.807, 2.05) is 0 Å².